The third-order valence-corrected chi connectivity index (χ3v) is 6.32. The molecule has 126 valence electrons. The molecule has 0 bridgehead atoms. The van der Waals surface area contributed by atoms with Crippen molar-refractivity contribution < 1.29 is 9.47 Å². The Kier molecular flexibility index (Phi) is 7.43. The van der Waals surface area contributed by atoms with Crippen LogP contribution in [-0.2, 0) is 11.3 Å². The minimum Gasteiger partial charge on any atom is -0.490 e. The van der Waals surface area contributed by atoms with Crippen LogP contribution in [0.25, 0.3) is 11.4 Å². The average molecular weight is 561 g/mol. The molecule has 0 spiro atoms. The predicted octanol–water partition coefficient (Wildman–Crippen LogP) is 5.09. The Labute approximate surface area is 169 Å². The first-order chi connectivity index (χ1) is 10.9. The SMILES string of the molecule is COCCOc1ccc(-c2nc(I)c(I)n2CC(C)C)cc1Cl. The van der Waals surface area contributed by atoms with Crippen molar-refractivity contribution in [1.82, 2.24) is 9.55 Å². The van der Waals surface area contributed by atoms with E-state index in [1.807, 2.05) is 18.2 Å². The highest BCUT2D eigenvalue weighted by Gasteiger charge is 2.17. The monoisotopic (exact) mass is 560 g/mol. The van der Waals surface area contributed by atoms with E-state index in [0.29, 0.717) is 29.9 Å². The van der Waals surface area contributed by atoms with Crippen LogP contribution >= 0.6 is 56.8 Å². The summed E-state index contributed by atoms with van der Waals surface area (Å²) in [6.45, 7) is 6.34. The number of aromatic nitrogens is 2. The Morgan fingerprint density at radius 3 is 2.61 bits per heavy atom. The van der Waals surface area contributed by atoms with Gasteiger partial charge in [-0.15, -0.1) is 0 Å². The summed E-state index contributed by atoms with van der Waals surface area (Å²) in [7, 11) is 1.64. The summed E-state index contributed by atoms with van der Waals surface area (Å²) >= 11 is 11.0. The molecule has 0 saturated carbocycles. The van der Waals surface area contributed by atoms with Crippen LogP contribution in [0.4, 0.5) is 0 Å². The molecule has 0 N–H and O–H groups in total. The second-order valence-corrected chi connectivity index (χ2v) is 7.96. The molecular weight excluding hydrogens is 541 g/mol. The molecule has 0 aliphatic carbocycles. The number of nitrogens with zero attached hydrogens (tertiary/aromatic N) is 2. The number of rotatable bonds is 7. The van der Waals surface area contributed by atoms with Crippen LogP contribution in [0, 0.1) is 13.3 Å². The van der Waals surface area contributed by atoms with Crippen LogP contribution in [0.1, 0.15) is 13.8 Å². The Bertz CT molecular complexity index is 674. The maximum absolute atomic E-state index is 6.36. The maximum atomic E-state index is 6.36. The lowest BCUT2D eigenvalue weighted by Gasteiger charge is -2.13. The molecule has 0 radical (unpaired) electrons. The van der Waals surface area contributed by atoms with E-state index in [2.05, 4.69) is 63.6 Å². The molecule has 1 aromatic carbocycles. The van der Waals surface area contributed by atoms with Crippen LogP contribution in [0.2, 0.25) is 5.02 Å². The van der Waals surface area contributed by atoms with Gasteiger partial charge in [0, 0.05) is 19.2 Å². The lowest BCUT2D eigenvalue weighted by Crippen LogP contribution is -2.08. The molecule has 0 aliphatic heterocycles. The van der Waals surface area contributed by atoms with Gasteiger partial charge in [0.05, 0.1) is 11.6 Å². The molecule has 2 rings (SSSR count). The van der Waals surface area contributed by atoms with Crippen LogP contribution in [0.15, 0.2) is 18.2 Å². The van der Waals surface area contributed by atoms with Gasteiger partial charge in [0.15, 0.2) is 0 Å². The zero-order valence-electron chi connectivity index (χ0n) is 13.3. The van der Waals surface area contributed by atoms with Crippen molar-refractivity contribution in [3.05, 3.63) is 30.6 Å². The molecule has 0 unspecified atom stereocenters. The maximum Gasteiger partial charge on any atom is 0.142 e. The molecular formula is C16H19ClI2N2O2. The average Bonchev–Trinajstić information content (AvgIpc) is 2.77. The van der Waals surface area contributed by atoms with Gasteiger partial charge < -0.3 is 14.0 Å². The van der Waals surface area contributed by atoms with Crippen molar-refractivity contribution in [3.8, 4) is 17.1 Å². The minimum atomic E-state index is 0.480. The molecule has 0 aliphatic rings. The van der Waals surface area contributed by atoms with E-state index in [1.54, 1.807) is 7.11 Å². The summed E-state index contributed by atoms with van der Waals surface area (Å²) in [5.74, 6) is 2.15. The van der Waals surface area contributed by atoms with Crippen LogP contribution < -0.4 is 4.74 Å². The highest BCUT2D eigenvalue weighted by Crippen LogP contribution is 2.32. The van der Waals surface area contributed by atoms with Crippen LogP contribution in [0.3, 0.4) is 0 Å². The van der Waals surface area contributed by atoms with Gasteiger partial charge in [-0.1, -0.05) is 25.4 Å². The highest BCUT2D eigenvalue weighted by molar-refractivity contribution is 14.1. The summed E-state index contributed by atoms with van der Waals surface area (Å²) in [6.07, 6.45) is 0. The van der Waals surface area contributed by atoms with Crippen molar-refractivity contribution in [3.63, 3.8) is 0 Å². The Balaban J connectivity index is 2.32. The lowest BCUT2D eigenvalue weighted by molar-refractivity contribution is 0.146. The van der Waals surface area contributed by atoms with Crippen LogP contribution in [0.5, 0.6) is 5.75 Å². The van der Waals surface area contributed by atoms with Crippen molar-refractivity contribution in [2.45, 2.75) is 20.4 Å². The van der Waals surface area contributed by atoms with E-state index in [4.69, 9.17) is 26.1 Å². The Morgan fingerprint density at radius 2 is 2.00 bits per heavy atom. The third-order valence-electron chi connectivity index (χ3n) is 3.15. The minimum absolute atomic E-state index is 0.480. The molecule has 0 atom stereocenters. The lowest BCUT2D eigenvalue weighted by atomic mass is 10.2. The van der Waals surface area contributed by atoms with E-state index in [1.165, 1.54) is 0 Å². The highest BCUT2D eigenvalue weighted by atomic mass is 127. The van der Waals surface area contributed by atoms with Gasteiger partial charge in [0.2, 0.25) is 0 Å². The molecule has 23 heavy (non-hydrogen) atoms. The molecule has 0 fully saturated rings. The van der Waals surface area contributed by atoms with Crippen molar-refractivity contribution in [2.75, 3.05) is 20.3 Å². The second kappa shape index (κ2) is 8.87. The first kappa shape index (κ1) is 19.3. The topological polar surface area (TPSA) is 36.3 Å². The molecule has 2 aromatic rings. The standard InChI is InChI=1S/C16H19ClI2N2O2/c1-10(2)9-21-15(19)14(18)20-16(21)11-4-5-13(12(17)8-11)23-7-6-22-3/h4-5,8,10H,6-7,9H2,1-3H3. The largest absolute Gasteiger partial charge is 0.490 e. The zero-order valence-corrected chi connectivity index (χ0v) is 18.3. The van der Waals surface area contributed by atoms with E-state index in [0.717, 1.165) is 25.3 Å². The van der Waals surface area contributed by atoms with E-state index in [-0.39, 0.29) is 0 Å². The van der Waals surface area contributed by atoms with Gasteiger partial charge in [0.25, 0.3) is 0 Å². The zero-order chi connectivity index (χ0) is 17.0. The normalized spacial score (nSPS) is 11.3. The molecule has 7 heteroatoms. The first-order valence-corrected chi connectivity index (χ1v) is 9.80. The molecule has 0 amide bonds. The Hall–Kier alpha value is -0.0600. The summed E-state index contributed by atoms with van der Waals surface area (Å²) in [5.41, 5.74) is 0.996. The second-order valence-electron chi connectivity index (χ2n) is 5.51. The van der Waals surface area contributed by atoms with Gasteiger partial charge in [-0.05, 0) is 69.3 Å². The smallest absolute Gasteiger partial charge is 0.142 e. The fourth-order valence-electron chi connectivity index (χ4n) is 2.15. The number of halogens is 3. The van der Waals surface area contributed by atoms with Crippen molar-refractivity contribution in [2.24, 2.45) is 5.92 Å². The van der Waals surface area contributed by atoms with Gasteiger partial charge in [-0.2, -0.15) is 0 Å². The summed E-state index contributed by atoms with van der Waals surface area (Å²) in [5, 5.41) is 0.586. The molecule has 4 nitrogen and oxygen atoms in total. The van der Waals surface area contributed by atoms with Gasteiger partial charge >= 0.3 is 0 Å². The predicted molar refractivity (Wildman–Crippen MR) is 110 cm³/mol. The molecule has 0 saturated heterocycles. The number of imidazole rings is 1. The fourth-order valence-corrected chi connectivity index (χ4v) is 3.45. The number of hydrogen-bond donors (Lipinski definition) is 0. The number of ether oxygens (including phenoxy) is 2. The van der Waals surface area contributed by atoms with E-state index < -0.39 is 0 Å². The molecule has 1 heterocycles. The number of hydrogen-bond acceptors (Lipinski definition) is 3. The van der Waals surface area contributed by atoms with Crippen molar-refractivity contribution >= 4 is 56.8 Å². The van der Waals surface area contributed by atoms with E-state index in [9.17, 15) is 0 Å². The third kappa shape index (κ3) is 4.96. The number of methoxy groups -OCH3 is 1. The van der Waals surface area contributed by atoms with Gasteiger partial charge in [-0.25, -0.2) is 4.98 Å². The van der Waals surface area contributed by atoms with Gasteiger partial charge in [-0.3, -0.25) is 0 Å². The van der Waals surface area contributed by atoms with Crippen LogP contribution in [-0.4, -0.2) is 29.9 Å². The van der Waals surface area contributed by atoms with Gasteiger partial charge in [0.1, 0.15) is 25.6 Å². The quantitative estimate of drug-likeness (QED) is 0.350. The molecule has 1 aromatic heterocycles. The van der Waals surface area contributed by atoms with E-state index >= 15 is 0 Å². The summed E-state index contributed by atoms with van der Waals surface area (Å²) in [4.78, 5) is 4.70. The summed E-state index contributed by atoms with van der Waals surface area (Å²) < 4.78 is 15.0. The fraction of sp³-hybridized carbons (Fsp3) is 0.438. The number of benzene rings is 1. The Morgan fingerprint density at radius 1 is 1.26 bits per heavy atom. The first-order valence-electron chi connectivity index (χ1n) is 7.27. The van der Waals surface area contributed by atoms with Crippen molar-refractivity contribution in [1.29, 1.82) is 0 Å². The summed E-state index contributed by atoms with van der Waals surface area (Å²) in [6, 6.07) is 5.80.